The molecule has 0 heterocycles. The molecule has 0 radical (unpaired) electrons. The monoisotopic (exact) mass is 569 g/mol. The summed E-state index contributed by atoms with van der Waals surface area (Å²) in [7, 11) is 0. The van der Waals surface area contributed by atoms with E-state index in [9.17, 15) is 9.90 Å². The van der Waals surface area contributed by atoms with Gasteiger partial charge in [-0.3, -0.25) is 4.79 Å². The first-order valence-electron chi connectivity index (χ1n) is 15.4. The summed E-state index contributed by atoms with van der Waals surface area (Å²) >= 11 is 0. The Morgan fingerprint density at radius 3 is 2.61 bits per heavy atom. The average Bonchev–Trinajstić information content (AvgIpc) is 3.22. The molecule has 0 saturated carbocycles. The van der Waals surface area contributed by atoms with Gasteiger partial charge in [0.05, 0.1) is 31.5 Å². The second-order valence-electron chi connectivity index (χ2n) is 12.3. The zero-order valence-electron chi connectivity index (χ0n) is 26.8. The van der Waals surface area contributed by atoms with Crippen LogP contribution in [0.25, 0.3) is 0 Å². The molecule has 2 N–H and O–H groups in total. The summed E-state index contributed by atoms with van der Waals surface area (Å²) in [6.07, 6.45) is 18.7. The molecular formula is C35H55NO5. The van der Waals surface area contributed by atoms with Gasteiger partial charge in [0.25, 0.3) is 0 Å². The maximum Gasteiger partial charge on any atom is 0.306 e. The van der Waals surface area contributed by atoms with Crippen LogP contribution in [0.3, 0.4) is 0 Å². The zero-order chi connectivity index (χ0) is 30.4. The largest absolute Gasteiger partial charge is 0.491 e. The fraction of sp³-hybridized carbons (Fsp3) is 0.629. The van der Waals surface area contributed by atoms with E-state index in [2.05, 4.69) is 63.4 Å². The van der Waals surface area contributed by atoms with Crippen molar-refractivity contribution in [3.8, 4) is 0 Å². The van der Waals surface area contributed by atoms with Gasteiger partial charge in [-0.25, -0.2) is 0 Å². The van der Waals surface area contributed by atoms with E-state index in [4.69, 9.17) is 14.2 Å². The number of carbonyl (C=O) groups excluding carboxylic acids is 1. The van der Waals surface area contributed by atoms with Crippen molar-refractivity contribution in [1.82, 2.24) is 5.32 Å². The highest BCUT2D eigenvalue weighted by Crippen LogP contribution is 2.29. The van der Waals surface area contributed by atoms with Crippen LogP contribution < -0.4 is 5.32 Å². The van der Waals surface area contributed by atoms with Gasteiger partial charge in [0.2, 0.25) is 0 Å². The molecule has 41 heavy (non-hydrogen) atoms. The highest BCUT2D eigenvalue weighted by Gasteiger charge is 2.24. The minimum atomic E-state index is -0.644. The Labute approximate surface area is 249 Å². The molecule has 230 valence electrons. The molecule has 0 fully saturated rings. The molecule has 0 saturated heterocycles. The third kappa shape index (κ3) is 13.4. The second-order valence-corrected chi connectivity index (χ2v) is 12.3. The molecule has 0 aromatic carbocycles. The molecule has 0 aromatic rings. The van der Waals surface area contributed by atoms with Crippen LogP contribution >= 0.6 is 0 Å². The number of allylic oxidation sites excluding steroid dienone is 9. The van der Waals surface area contributed by atoms with Crippen LogP contribution in [-0.4, -0.2) is 54.7 Å². The number of rotatable bonds is 17. The minimum absolute atomic E-state index is 0.0524. The lowest BCUT2D eigenvalue weighted by atomic mass is 9.85. The van der Waals surface area contributed by atoms with Crippen molar-refractivity contribution >= 4 is 5.97 Å². The number of β-amino-alcohol motifs (C(OH)–C–C–N with tert-alkyl or cyclic N) is 1. The molecule has 2 aliphatic rings. The maximum absolute atomic E-state index is 12.0. The molecule has 3 atom stereocenters. The summed E-state index contributed by atoms with van der Waals surface area (Å²) in [4.78, 5) is 12.0. The van der Waals surface area contributed by atoms with E-state index in [-0.39, 0.29) is 30.3 Å². The topological polar surface area (TPSA) is 77.0 Å². The number of hydrogen-bond acceptors (Lipinski definition) is 6. The van der Waals surface area contributed by atoms with Crippen molar-refractivity contribution in [3.63, 3.8) is 0 Å². The molecule has 6 nitrogen and oxygen atoms in total. The van der Waals surface area contributed by atoms with Crippen LogP contribution in [0.5, 0.6) is 0 Å². The predicted molar refractivity (Wildman–Crippen MR) is 168 cm³/mol. The Bertz CT molecular complexity index is 1030. The second kappa shape index (κ2) is 17.5. The summed E-state index contributed by atoms with van der Waals surface area (Å²) in [6, 6.07) is 0. The number of aliphatic hydroxyl groups excluding tert-OH is 1. The third-order valence-electron chi connectivity index (χ3n) is 7.39. The zero-order valence-corrected chi connectivity index (χ0v) is 26.8. The van der Waals surface area contributed by atoms with E-state index in [1.165, 1.54) is 11.1 Å². The molecule has 0 amide bonds. The average molecular weight is 570 g/mol. The van der Waals surface area contributed by atoms with Gasteiger partial charge in [-0.05, 0) is 110 Å². The Balaban J connectivity index is 1.93. The predicted octanol–water partition coefficient (Wildman–Crippen LogP) is 7.28. The van der Waals surface area contributed by atoms with E-state index in [1.54, 1.807) is 0 Å². The SMILES string of the molecule is CCOC(=O)CCC1=CCC=C(OC(C)C)C=C1C(C)OCC(O)CNC(C)(C)CC(C)CC1=C(C)C=CC=CC1. The van der Waals surface area contributed by atoms with E-state index in [0.717, 1.165) is 42.6 Å². The van der Waals surface area contributed by atoms with Crippen molar-refractivity contribution < 1.29 is 24.1 Å². The van der Waals surface area contributed by atoms with E-state index in [0.29, 0.717) is 31.9 Å². The van der Waals surface area contributed by atoms with Crippen LogP contribution in [0.1, 0.15) is 93.9 Å². The van der Waals surface area contributed by atoms with Gasteiger partial charge in [0.1, 0.15) is 5.76 Å². The Kier molecular flexibility index (Phi) is 14.9. The van der Waals surface area contributed by atoms with Crippen LogP contribution in [0.4, 0.5) is 0 Å². The van der Waals surface area contributed by atoms with Crippen LogP contribution in [0.15, 0.2) is 70.6 Å². The molecule has 0 bridgehead atoms. The first-order chi connectivity index (χ1) is 19.4. The summed E-state index contributed by atoms with van der Waals surface area (Å²) in [5, 5.41) is 14.4. The van der Waals surface area contributed by atoms with E-state index >= 15 is 0 Å². The highest BCUT2D eigenvalue weighted by molar-refractivity contribution is 5.70. The smallest absolute Gasteiger partial charge is 0.306 e. The summed E-state index contributed by atoms with van der Waals surface area (Å²) < 4.78 is 17.3. The van der Waals surface area contributed by atoms with E-state index < -0.39 is 6.10 Å². The Morgan fingerprint density at radius 2 is 1.90 bits per heavy atom. The van der Waals surface area contributed by atoms with Gasteiger partial charge in [-0.15, -0.1) is 0 Å². The number of nitrogens with one attached hydrogen (secondary N) is 1. The van der Waals surface area contributed by atoms with Crippen LogP contribution in [0.2, 0.25) is 0 Å². The maximum atomic E-state index is 12.0. The summed E-state index contributed by atoms with van der Waals surface area (Å²) in [6.45, 7) is 17.8. The number of aliphatic hydroxyl groups is 1. The van der Waals surface area contributed by atoms with Crippen molar-refractivity contribution in [1.29, 1.82) is 0 Å². The number of esters is 1. The minimum Gasteiger partial charge on any atom is -0.491 e. The number of ether oxygens (including phenoxy) is 3. The van der Waals surface area contributed by atoms with E-state index in [1.807, 2.05) is 39.8 Å². The van der Waals surface area contributed by atoms with Crippen molar-refractivity contribution in [3.05, 3.63) is 70.6 Å². The normalized spacial score (nSPS) is 18.2. The quantitative estimate of drug-likeness (QED) is 0.179. The molecule has 2 rings (SSSR count). The Morgan fingerprint density at radius 1 is 1.15 bits per heavy atom. The molecule has 0 aliphatic heterocycles. The van der Waals surface area contributed by atoms with Gasteiger partial charge >= 0.3 is 5.97 Å². The lowest BCUT2D eigenvalue weighted by Crippen LogP contribution is -2.45. The van der Waals surface area contributed by atoms with Gasteiger partial charge in [0, 0.05) is 18.5 Å². The first kappa shape index (κ1) is 34.8. The van der Waals surface area contributed by atoms with Gasteiger partial charge in [-0.1, -0.05) is 48.5 Å². The Hall–Kier alpha value is -2.41. The summed E-state index contributed by atoms with van der Waals surface area (Å²) in [5.41, 5.74) is 4.78. The molecule has 6 heteroatoms. The van der Waals surface area contributed by atoms with Gasteiger partial charge in [-0.2, -0.15) is 0 Å². The number of hydrogen-bond donors (Lipinski definition) is 2. The lowest BCUT2D eigenvalue weighted by molar-refractivity contribution is -0.143. The molecule has 3 unspecified atom stereocenters. The van der Waals surface area contributed by atoms with Gasteiger partial charge < -0.3 is 24.6 Å². The summed E-state index contributed by atoms with van der Waals surface area (Å²) in [5.74, 6) is 1.12. The standard InChI is InChI=1S/C35H55NO5/c1-9-39-34(38)19-18-29-16-13-17-32(41-25(2)3)21-33(29)28(6)40-24-31(37)23-36-35(7,8)22-26(4)20-30-15-12-10-11-14-27(30)5/h10-12,14,16-17,21,25-26,28,31,36-37H,9,13,15,18-20,22-24H2,1-8H3. The highest BCUT2D eigenvalue weighted by atomic mass is 16.5. The van der Waals surface area contributed by atoms with Gasteiger partial charge in [0.15, 0.2) is 0 Å². The molecule has 0 aromatic heterocycles. The third-order valence-corrected chi connectivity index (χ3v) is 7.39. The molecule has 2 aliphatic carbocycles. The van der Waals surface area contributed by atoms with Crippen LogP contribution in [0, 0.1) is 5.92 Å². The van der Waals surface area contributed by atoms with Crippen molar-refractivity contribution in [2.45, 2.75) is 118 Å². The van der Waals surface area contributed by atoms with Crippen LogP contribution in [-0.2, 0) is 19.0 Å². The fourth-order valence-corrected chi connectivity index (χ4v) is 5.44. The lowest BCUT2D eigenvalue weighted by Gasteiger charge is -2.31. The molecular weight excluding hydrogens is 514 g/mol. The van der Waals surface area contributed by atoms with Crippen molar-refractivity contribution in [2.75, 3.05) is 19.8 Å². The molecule has 0 spiro atoms. The first-order valence-corrected chi connectivity index (χ1v) is 15.4. The van der Waals surface area contributed by atoms with Crippen molar-refractivity contribution in [2.24, 2.45) is 5.92 Å². The number of carbonyl (C=O) groups is 1. The fourth-order valence-electron chi connectivity index (χ4n) is 5.44.